The molecular weight excluding hydrogens is 424 g/mol. The Morgan fingerprint density at radius 2 is 1.88 bits per heavy atom. The largest absolute Gasteiger partial charge is 0.374 e. The molecular formula is C25H29ClN4O2. The van der Waals surface area contributed by atoms with E-state index in [2.05, 4.69) is 15.3 Å². The molecule has 32 heavy (non-hydrogen) atoms. The van der Waals surface area contributed by atoms with Crippen LogP contribution in [-0.2, 0) is 4.79 Å². The number of rotatable bonds is 7. The number of aromatic nitrogens is 2. The maximum atomic E-state index is 12.7. The molecule has 1 amide bonds. The SMILES string of the molecule is Cc1ccc(-c2cc(C(O)NC(C)c3cnccn3)cc(N(C)C(=O)C(C)C)c2)c(Cl)c1. The maximum Gasteiger partial charge on any atom is 0.229 e. The maximum absolute atomic E-state index is 12.7. The molecule has 2 unspecified atom stereocenters. The molecule has 0 aliphatic carbocycles. The molecule has 3 rings (SSSR count). The minimum Gasteiger partial charge on any atom is -0.374 e. The van der Waals surface area contributed by atoms with Gasteiger partial charge in [0.2, 0.25) is 5.91 Å². The molecule has 0 saturated carbocycles. The number of carbonyl (C=O) groups excluding carboxylic acids is 1. The smallest absolute Gasteiger partial charge is 0.229 e. The Morgan fingerprint density at radius 3 is 2.50 bits per heavy atom. The molecule has 2 atom stereocenters. The summed E-state index contributed by atoms with van der Waals surface area (Å²) in [7, 11) is 1.74. The number of anilines is 1. The first-order valence-corrected chi connectivity index (χ1v) is 10.9. The van der Waals surface area contributed by atoms with Crippen molar-refractivity contribution in [1.29, 1.82) is 0 Å². The standard InChI is InChI=1S/C25H29ClN4O2/c1-15(2)25(32)30(5)20-12-18(21-7-6-16(3)10-22(21)26)11-19(13-20)24(31)29-17(4)23-14-27-8-9-28-23/h6-15,17,24,29,31H,1-5H3. The van der Waals surface area contributed by atoms with Crippen LogP contribution in [-0.4, -0.2) is 28.0 Å². The van der Waals surface area contributed by atoms with Gasteiger partial charge in [0.25, 0.3) is 0 Å². The molecule has 1 aromatic heterocycles. The van der Waals surface area contributed by atoms with Gasteiger partial charge in [-0.15, -0.1) is 0 Å². The van der Waals surface area contributed by atoms with Gasteiger partial charge in [-0.05, 0) is 54.8 Å². The van der Waals surface area contributed by atoms with Crippen molar-refractivity contribution in [3.63, 3.8) is 0 Å². The van der Waals surface area contributed by atoms with Crippen molar-refractivity contribution in [1.82, 2.24) is 15.3 Å². The molecule has 0 saturated heterocycles. The lowest BCUT2D eigenvalue weighted by atomic mass is 9.99. The van der Waals surface area contributed by atoms with E-state index >= 15 is 0 Å². The molecule has 0 aliphatic heterocycles. The molecule has 0 bridgehead atoms. The molecule has 6 nitrogen and oxygen atoms in total. The first-order chi connectivity index (χ1) is 15.2. The number of nitrogens with zero attached hydrogens (tertiary/aromatic N) is 3. The molecule has 1 heterocycles. The summed E-state index contributed by atoms with van der Waals surface area (Å²) in [6.45, 7) is 7.61. The fourth-order valence-electron chi connectivity index (χ4n) is 3.46. The average molecular weight is 453 g/mol. The van der Waals surface area contributed by atoms with Crippen molar-refractivity contribution < 1.29 is 9.90 Å². The van der Waals surface area contributed by atoms with E-state index in [1.165, 1.54) is 0 Å². The van der Waals surface area contributed by atoms with Crippen LogP contribution in [0.2, 0.25) is 5.02 Å². The van der Waals surface area contributed by atoms with Gasteiger partial charge in [0.15, 0.2) is 0 Å². The van der Waals surface area contributed by atoms with Crippen LogP contribution in [0.25, 0.3) is 11.1 Å². The zero-order chi connectivity index (χ0) is 23.4. The quantitative estimate of drug-likeness (QED) is 0.489. The van der Waals surface area contributed by atoms with Gasteiger partial charge < -0.3 is 10.0 Å². The lowest BCUT2D eigenvalue weighted by Gasteiger charge is -2.24. The summed E-state index contributed by atoms with van der Waals surface area (Å²) in [5, 5.41) is 14.8. The van der Waals surface area contributed by atoms with Gasteiger partial charge in [0, 0.05) is 47.8 Å². The van der Waals surface area contributed by atoms with Crippen molar-refractivity contribution >= 4 is 23.2 Å². The highest BCUT2D eigenvalue weighted by Crippen LogP contribution is 2.34. The van der Waals surface area contributed by atoms with Gasteiger partial charge in [0.1, 0.15) is 6.23 Å². The van der Waals surface area contributed by atoms with E-state index in [1.807, 2.05) is 64.1 Å². The predicted molar refractivity (Wildman–Crippen MR) is 128 cm³/mol. The van der Waals surface area contributed by atoms with Crippen molar-refractivity contribution in [2.75, 3.05) is 11.9 Å². The summed E-state index contributed by atoms with van der Waals surface area (Å²) >= 11 is 6.53. The number of halogens is 1. The summed E-state index contributed by atoms with van der Waals surface area (Å²) in [5.41, 5.74) is 4.73. The van der Waals surface area contributed by atoms with E-state index in [-0.39, 0.29) is 17.9 Å². The highest BCUT2D eigenvalue weighted by atomic mass is 35.5. The molecule has 0 radical (unpaired) electrons. The number of nitrogens with one attached hydrogen (secondary N) is 1. The lowest BCUT2D eigenvalue weighted by molar-refractivity contribution is -0.121. The van der Waals surface area contributed by atoms with Crippen LogP contribution >= 0.6 is 11.6 Å². The molecule has 0 fully saturated rings. The summed E-state index contributed by atoms with van der Waals surface area (Å²) in [4.78, 5) is 22.6. The van der Waals surface area contributed by atoms with Gasteiger partial charge in [-0.2, -0.15) is 0 Å². The summed E-state index contributed by atoms with van der Waals surface area (Å²) in [5.74, 6) is -0.173. The first-order valence-electron chi connectivity index (χ1n) is 10.6. The van der Waals surface area contributed by atoms with Crippen LogP contribution in [0.15, 0.2) is 55.0 Å². The normalized spacial score (nSPS) is 13.1. The highest BCUT2D eigenvalue weighted by molar-refractivity contribution is 6.33. The van der Waals surface area contributed by atoms with E-state index in [4.69, 9.17) is 11.6 Å². The Morgan fingerprint density at radius 1 is 1.12 bits per heavy atom. The van der Waals surface area contributed by atoms with E-state index in [0.29, 0.717) is 16.3 Å². The monoisotopic (exact) mass is 452 g/mol. The van der Waals surface area contributed by atoms with Crippen LogP contribution in [0.3, 0.4) is 0 Å². The number of hydrogen-bond donors (Lipinski definition) is 2. The predicted octanol–water partition coefficient (Wildman–Crippen LogP) is 5.07. The van der Waals surface area contributed by atoms with E-state index in [1.54, 1.807) is 30.5 Å². The summed E-state index contributed by atoms with van der Waals surface area (Å²) in [6, 6.07) is 11.2. The minimum absolute atomic E-state index is 0.0153. The fourth-order valence-corrected chi connectivity index (χ4v) is 3.81. The topological polar surface area (TPSA) is 78.3 Å². The van der Waals surface area contributed by atoms with Gasteiger partial charge in [-0.25, -0.2) is 0 Å². The van der Waals surface area contributed by atoms with Crippen LogP contribution in [0.1, 0.15) is 49.9 Å². The molecule has 2 aromatic carbocycles. The number of aliphatic hydroxyl groups is 1. The van der Waals surface area contributed by atoms with Crippen LogP contribution in [0.4, 0.5) is 5.69 Å². The van der Waals surface area contributed by atoms with Gasteiger partial charge in [-0.3, -0.25) is 20.1 Å². The Kier molecular flexibility index (Phi) is 7.61. The van der Waals surface area contributed by atoms with Crippen molar-refractivity contribution in [2.24, 2.45) is 5.92 Å². The number of aliphatic hydroxyl groups excluding tert-OH is 1. The Labute approximate surface area is 194 Å². The molecule has 3 aromatic rings. The third kappa shape index (κ3) is 5.51. The van der Waals surface area contributed by atoms with Crippen molar-refractivity contribution in [2.45, 2.75) is 40.0 Å². The van der Waals surface area contributed by atoms with E-state index < -0.39 is 6.23 Å². The zero-order valence-electron chi connectivity index (χ0n) is 19.0. The molecule has 7 heteroatoms. The van der Waals surface area contributed by atoms with Crippen LogP contribution in [0, 0.1) is 12.8 Å². The number of hydrogen-bond acceptors (Lipinski definition) is 5. The van der Waals surface area contributed by atoms with Crippen LogP contribution in [0.5, 0.6) is 0 Å². The third-order valence-corrected chi connectivity index (χ3v) is 5.65. The first kappa shape index (κ1) is 23.9. The van der Waals surface area contributed by atoms with Gasteiger partial charge >= 0.3 is 0 Å². The number of amides is 1. The molecule has 0 aliphatic rings. The number of benzene rings is 2. The average Bonchev–Trinajstić information content (AvgIpc) is 2.78. The number of carbonyl (C=O) groups is 1. The lowest BCUT2D eigenvalue weighted by Crippen LogP contribution is -2.31. The molecule has 0 spiro atoms. The zero-order valence-corrected chi connectivity index (χ0v) is 19.8. The second kappa shape index (κ2) is 10.2. The van der Waals surface area contributed by atoms with Crippen molar-refractivity contribution in [3.8, 4) is 11.1 Å². The van der Waals surface area contributed by atoms with E-state index in [9.17, 15) is 9.90 Å². The van der Waals surface area contributed by atoms with E-state index in [0.717, 1.165) is 22.4 Å². The Hall–Kier alpha value is -2.80. The Bertz CT molecular complexity index is 1090. The van der Waals surface area contributed by atoms with Gasteiger partial charge in [0.05, 0.1) is 11.7 Å². The second-order valence-electron chi connectivity index (χ2n) is 8.27. The summed E-state index contributed by atoms with van der Waals surface area (Å²) in [6.07, 6.45) is 3.89. The van der Waals surface area contributed by atoms with Gasteiger partial charge in [-0.1, -0.05) is 37.6 Å². The van der Waals surface area contributed by atoms with Crippen molar-refractivity contribution in [3.05, 3.63) is 76.8 Å². The molecule has 168 valence electrons. The highest BCUT2D eigenvalue weighted by Gasteiger charge is 2.20. The summed E-state index contributed by atoms with van der Waals surface area (Å²) < 4.78 is 0. The molecule has 2 N–H and O–H groups in total. The number of aryl methyl sites for hydroxylation is 1. The van der Waals surface area contributed by atoms with Crippen LogP contribution < -0.4 is 10.2 Å². The fraction of sp³-hybridized carbons (Fsp3) is 0.320. The minimum atomic E-state index is -0.988. The Balaban J connectivity index is 2.02. The third-order valence-electron chi connectivity index (χ3n) is 5.34. The second-order valence-corrected chi connectivity index (χ2v) is 8.68.